The molecule has 2 aromatic heterocycles. The topological polar surface area (TPSA) is 52.7 Å². The van der Waals surface area contributed by atoms with Gasteiger partial charge in [0.05, 0.1) is 18.4 Å². The van der Waals surface area contributed by atoms with Gasteiger partial charge in [-0.2, -0.15) is 5.10 Å². The van der Waals surface area contributed by atoms with Gasteiger partial charge in [0.1, 0.15) is 17.5 Å². The number of benzene rings is 2. The Morgan fingerprint density at radius 3 is 2.50 bits per heavy atom. The number of fused-ring (bicyclic) bond motifs is 1. The van der Waals surface area contributed by atoms with Crippen LogP contribution in [0.15, 0.2) is 72.4 Å². The monoisotopic (exact) mass is 346 g/mol. The summed E-state index contributed by atoms with van der Waals surface area (Å²) in [4.78, 5) is 17.1. The van der Waals surface area contributed by atoms with Crippen molar-refractivity contribution in [1.82, 2.24) is 19.3 Å². The number of halogens is 1. The van der Waals surface area contributed by atoms with E-state index in [0.717, 1.165) is 11.1 Å². The Balaban J connectivity index is 1.72. The Hall–Kier alpha value is -3.54. The number of aromatic nitrogens is 4. The van der Waals surface area contributed by atoms with Crippen molar-refractivity contribution in [2.45, 2.75) is 6.54 Å². The van der Waals surface area contributed by atoms with Crippen molar-refractivity contribution in [3.8, 4) is 5.69 Å². The standard InChI is InChI=1S/C20H15FN4O/c1-2-14-3-5-15(6-4-14)12-24-13-22-19-18(20(24)26)11-23-25(19)17-9-7-16(21)8-10-17/h2-11,13H,1,12H2. The van der Waals surface area contributed by atoms with E-state index in [0.29, 0.717) is 23.3 Å². The van der Waals surface area contributed by atoms with E-state index in [1.54, 1.807) is 22.8 Å². The first kappa shape index (κ1) is 16.0. The van der Waals surface area contributed by atoms with Gasteiger partial charge >= 0.3 is 0 Å². The van der Waals surface area contributed by atoms with Gasteiger partial charge in [0, 0.05) is 0 Å². The smallest absolute Gasteiger partial charge is 0.264 e. The molecule has 0 aliphatic heterocycles. The van der Waals surface area contributed by atoms with E-state index in [1.807, 2.05) is 24.3 Å². The minimum absolute atomic E-state index is 0.170. The molecule has 0 saturated carbocycles. The van der Waals surface area contributed by atoms with Crippen LogP contribution in [0.3, 0.4) is 0 Å². The highest BCUT2D eigenvalue weighted by atomic mass is 19.1. The SMILES string of the molecule is C=Cc1ccc(Cn2cnc3c(cnn3-c3ccc(F)cc3)c2=O)cc1. The molecule has 4 aromatic rings. The van der Waals surface area contributed by atoms with Gasteiger partial charge in [0.25, 0.3) is 5.56 Å². The highest BCUT2D eigenvalue weighted by Crippen LogP contribution is 2.14. The number of nitrogens with zero attached hydrogens (tertiary/aromatic N) is 4. The molecule has 0 radical (unpaired) electrons. The van der Waals surface area contributed by atoms with Gasteiger partial charge in [-0.25, -0.2) is 14.1 Å². The van der Waals surface area contributed by atoms with Crippen LogP contribution in [0.5, 0.6) is 0 Å². The molecular formula is C20H15FN4O. The summed E-state index contributed by atoms with van der Waals surface area (Å²) in [6, 6.07) is 13.7. The van der Waals surface area contributed by atoms with Crippen LogP contribution in [0.25, 0.3) is 22.8 Å². The van der Waals surface area contributed by atoms with Crippen molar-refractivity contribution in [3.05, 3.63) is 94.9 Å². The third-order valence-electron chi connectivity index (χ3n) is 4.19. The van der Waals surface area contributed by atoms with E-state index in [1.165, 1.54) is 29.3 Å². The van der Waals surface area contributed by atoms with Crippen molar-refractivity contribution < 1.29 is 4.39 Å². The second kappa shape index (κ2) is 6.40. The van der Waals surface area contributed by atoms with Gasteiger partial charge < -0.3 is 0 Å². The summed E-state index contributed by atoms with van der Waals surface area (Å²) < 4.78 is 16.2. The fourth-order valence-electron chi connectivity index (χ4n) is 2.79. The van der Waals surface area contributed by atoms with Gasteiger partial charge in [-0.15, -0.1) is 0 Å². The Labute approximate surface area is 148 Å². The molecule has 2 heterocycles. The number of hydrogen-bond donors (Lipinski definition) is 0. The maximum atomic E-state index is 13.1. The van der Waals surface area contributed by atoms with Crippen LogP contribution in [-0.4, -0.2) is 19.3 Å². The fraction of sp³-hybridized carbons (Fsp3) is 0.0500. The van der Waals surface area contributed by atoms with Gasteiger partial charge in [0.2, 0.25) is 0 Å². The molecule has 6 heteroatoms. The highest BCUT2D eigenvalue weighted by molar-refractivity contribution is 5.74. The summed E-state index contributed by atoms with van der Waals surface area (Å²) in [5, 5.41) is 4.65. The van der Waals surface area contributed by atoms with Crippen LogP contribution in [-0.2, 0) is 6.54 Å². The van der Waals surface area contributed by atoms with E-state index in [4.69, 9.17) is 0 Å². The molecule has 128 valence electrons. The molecule has 0 amide bonds. The van der Waals surface area contributed by atoms with E-state index < -0.39 is 0 Å². The molecule has 0 aliphatic carbocycles. The zero-order chi connectivity index (χ0) is 18.1. The van der Waals surface area contributed by atoms with Crippen LogP contribution in [0.2, 0.25) is 0 Å². The number of rotatable bonds is 4. The first-order valence-corrected chi connectivity index (χ1v) is 8.06. The normalized spacial score (nSPS) is 11.0. The molecule has 0 bridgehead atoms. The zero-order valence-electron chi connectivity index (χ0n) is 13.8. The molecule has 0 spiro atoms. The lowest BCUT2D eigenvalue weighted by Crippen LogP contribution is -2.21. The van der Waals surface area contributed by atoms with Crippen LogP contribution in [0.4, 0.5) is 4.39 Å². The van der Waals surface area contributed by atoms with Crippen molar-refractivity contribution in [3.63, 3.8) is 0 Å². The molecule has 0 N–H and O–H groups in total. The Morgan fingerprint density at radius 2 is 1.81 bits per heavy atom. The second-order valence-corrected chi connectivity index (χ2v) is 5.89. The largest absolute Gasteiger partial charge is 0.294 e. The fourth-order valence-corrected chi connectivity index (χ4v) is 2.79. The molecule has 5 nitrogen and oxygen atoms in total. The average molecular weight is 346 g/mol. The lowest BCUT2D eigenvalue weighted by Gasteiger charge is -2.07. The maximum absolute atomic E-state index is 13.1. The minimum atomic E-state index is -0.331. The summed E-state index contributed by atoms with van der Waals surface area (Å²) in [7, 11) is 0. The van der Waals surface area contributed by atoms with Crippen LogP contribution >= 0.6 is 0 Å². The van der Waals surface area contributed by atoms with Crippen molar-refractivity contribution >= 4 is 17.1 Å². The van der Waals surface area contributed by atoms with E-state index >= 15 is 0 Å². The average Bonchev–Trinajstić information content (AvgIpc) is 3.10. The molecule has 0 saturated heterocycles. The lowest BCUT2D eigenvalue weighted by atomic mass is 10.1. The number of hydrogen-bond acceptors (Lipinski definition) is 3. The molecular weight excluding hydrogens is 331 g/mol. The third kappa shape index (κ3) is 2.82. The zero-order valence-corrected chi connectivity index (χ0v) is 13.8. The summed E-state index contributed by atoms with van der Waals surface area (Å²) in [5.41, 5.74) is 2.93. The first-order valence-electron chi connectivity index (χ1n) is 8.06. The van der Waals surface area contributed by atoms with Gasteiger partial charge in [-0.1, -0.05) is 36.9 Å². The second-order valence-electron chi connectivity index (χ2n) is 5.89. The Morgan fingerprint density at radius 1 is 1.08 bits per heavy atom. The predicted molar refractivity (Wildman–Crippen MR) is 98.7 cm³/mol. The minimum Gasteiger partial charge on any atom is -0.294 e. The highest BCUT2D eigenvalue weighted by Gasteiger charge is 2.11. The molecule has 26 heavy (non-hydrogen) atoms. The predicted octanol–water partition coefficient (Wildman–Crippen LogP) is 3.41. The van der Waals surface area contributed by atoms with E-state index in [-0.39, 0.29) is 11.4 Å². The van der Waals surface area contributed by atoms with Gasteiger partial charge in [-0.05, 0) is 35.4 Å². The summed E-state index contributed by atoms with van der Waals surface area (Å²) in [6.45, 7) is 4.15. The summed E-state index contributed by atoms with van der Waals surface area (Å²) in [5.74, 6) is -0.331. The van der Waals surface area contributed by atoms with Crippen LogP contribution in [0.1, 0.15) is 11.1 Å². The summed E-state index contributed by atoms with van der Waals surface area (Å²) in [6.07, 6.45) is 4.77. The van der Waals surface area contributed by atoms with Crippen molar-refractivity contribution in [2.24, 2.45) is 0 Å². The maximum Gasteiger partial charge on any atom is 0.264 e. The Bertz CT molecular complexity index is 1140. The van der Waals surface area contributed by atoms with E-state index in [2.05, 4.69) is 16.7 Å². The van der Waals surface area contributed by atoms with Gasteiger partial charge in [-0.3, -0.25) is 9.36 Å². The van der Waals surface area contributed by atoms with Crippen LogP contribution in [0, 0.1) is 5.82 Å². The third-order valence-corrected chi connectivity index (χ3v) is 4.19. The molecule has 0 fully saturated rings. The Kier molecular flexibility index (Phi) is 3.93. The molecule has 2 aromatic carbocycles. The first-order chi connectivity index (χ1) is 12.7. The molecule has 4 rings (SSSR count). The van der Waals surface area contributed by atoms with Crippen LogP contribution < -0.4 is 5.56 Å². The summed E-state index contributed by atoms with van der Waals surface area (Å²) >= 11 is 0. The van der Waals surface area contributed by atoms with Gasteiger partial charge in [0.15, 0.2) is 5.65 Å². The van der Waals surface area contributed by atoms with Crippen molar-refractivity contribution in [1.29, 1.82) is 0 Å². The van der Waals surface area contributed by atoms with Crippen molar-refractivity contribution in [2.75, 3.05) is 0 Å². The lowest BCUT2D eigenvalue weighted by molar-refractivity contribution is 0.627. The molecule has 0 aliphatic rings. The quantitative estimate of drug-likeness (QED) is 0.569. The molecule has 0 atom stereocenters. The molecule has 0 unspecified atom stereocenters. The van der Waals surface area contributed by atoms with E-state index in [9.17, 15) is 9.18 Å².